The largest absolute Gasteiger partial charge is 0.496 e. The Balaban J connectivity index is 3.01. The lowest BCUT2D eigenvalue weighted by Crippen LogP contribution is -2.26. The fourth-order valence-corrected chi connectivity index (χ4v) is 2.21. The number of hydrogen-bond donors (Lipinski definition) is 2. The second-order valence-corrected chi connectivity index (χ2v) is 6.16. The molecule has 1 rings (SSSR count). The second-order valence-electron chi connectivity index (χ2n) is 4.52. The van der Waals surface area contributed by atoms with Gasteiger partial charge in [-0.25, -0.2) is 8.42 Å². The van der Waals surface area contributed by atoms with Crippen molar-refractivity contribution in [2.45, 2.75) is 18.7 Å². The smallest absolute Gasteiger partial charge is 0.262 e. The molecule has 0 atom stereocenters. The van der Waals surface area contributed by atoms with Crippen molar-refractivity contribution in [1.82, 2.24) is 4.89 Å². The third-order valence-corrected chi connectivity index (χ3v) is 3.54. The van der Waals surface area contributed by atoms with E-state index in [0.717, 1.165) is 6.07 Å². The third-order valence-electron chi connectivity index (χ3n) is 2.33. The van der Waals surface area contributed by atoms with Crippen LogP contribution in [0.1, 0.15) is 24.2 Å². The third kappa shape index (κ3) is 4.19. The SMILES string of the molecule is COc1ccc(S(=O)(=O)NOCC(C)C)cc1C(N)=O. The molecule has 20 heavy (non-hydrogen) atoms. The van der Waals surface area contributed by atoms with Gasteiger partial charge < -0.3 is 10.5 Å². The molecule has 0 radical (unpaired) electrons. The van der Waals surface area contributed by atoms with Crippen LogP contribution in [0.15, 0.2) is 23.1 Å². The molecule has 8 heteroatoms. The molecule has 0 aromatic heterocycles. The summed E-state index contributed by atoms with van der Waals surface area (Å²) in [7, 11) is -2.51. The predicted octanol–water partition coefficient (Wildman–Crippen LogP) is 0.660. The first-order chi connectivity index (χ1) is 9.27. The van der Waals surface area contributed by atoms with E-state index in [-0.39, 0.29) is 28.7 Å². The minimum absolute atomic E-state index is 0.0146. The molecule has 0 heterocycles. The Labute approximate surface area is 118 Å². The number of carbonyl (C=O) groups is 1. The maximum absolute atomic E-state index is 12.0. The highest BCUT2D eigenvalue weighted by atomic mass is 32.2. The van der Waals surface area contributed by atoms with E-state index in [9.17, 15) is 13.2 Å². The fourth-order valence-electron chi connectivity index (χ4n) is 1.37. The van der Waals surface area contributed by atoms with Gasteiger partial charge in [-0.1, -0.05) is 18.7 Å². The first kappa shape index (κ1) is 16.4. The number of primary amides is 1. The summed E-state index contributed by atoms with van der Waals surface area (Å²) in [4.78, 5) is 18.0. The van der Waals surface area contributed by atoms with Crippen molar-refractivity contribution in [3.8, 4) is 5.75 Å². The number of amides is 1. The summed E-state index contributed by atoms with van der Waals surface area (Å²) < 4.78 is 28.9. The highest BCUT2D eigenvalue weighted by Gasteiger charge is 2.19. The highest BCUT2D eigenvalue weighted by Crippen LogP contribution is 2.21. The molecule has 1 amide bonds. The average molecular weight is 302 g/mol. The van der Waals surface area contributed by atoms with Gasteiger partial charge in [-0.15, -0.1) is 0 Å². The fraction of sp³-hybridized carbons (Fsp3) is 0.417. The summed E-state index contributed by atoms with van der Waals surface area (Å²) in [5.41, 5.74) is 5.16. The van der Waals surface area contributed by atoms with E-state index in [1.807, 2.05) is 18.7 Å². The number of nitrogens with one attached hydrogen (secondary N) is 1. The van der Waals surface area contributed by atoms with Crippen LogP contribution in [0.3, 0.4) is 0 Å². The zero-order chi connectivity index (χ0) is 15.3. The predicted molar refractivity (Wildman–Crippen MR) is 72.6 cm³/mol. The summed E-state index contributed by atoms with van der Waals surface area (Å²) in [5.74, 6) is -0.392. The van der Waals surface area contributed by atoms with Crippen LogP contribution in [-0.4, -0.2) is 28.0 Å². The monoisotopic (exact) mass is 302 g/mol. The van der Waals surface area contributed by atoms with Gasteiger partial charge in [0.15, 0.2) is 0 Å². The van der Waals surface area contributed by atoms with Gasteiger partial charge in [-0.3, -0.25) is 9.63 Å². The van der Waals surface area contributed by atoms with Gasteiger partial charge in [-0.05, 0) is 24.1 Å². The molecule has 0 aliphatic carbocycles. The normalized spacial score (nSPS) is 11.6. The number of ether oxygens (including phenoxy) is 1. The van der Waals surface area contributed by atoms with Crippen molar-refractivity contribution in [3.63, 3.8) is 0 Å². The average Bonchev–Trinajstić information content (AvgIpc) is 2.37. The van der Waals surface area contributed by atoms with E-state index in [1.165, 1.54) is 19.2 Å². The summed E-state index contributed by atoms with van der Waals surface area (Å²) in [6, 6.07) is 3.80. The first-order valence-electron chi connectivity index (χ1n) is 5.89. The highest BCUT2D eigenvalue weighted by molar-refractivity contribution is 7.89. The number of rotatable bonds is 7. The van der Waals surface area contributed by atoms with Crippen LogP contribution in [0.5, 0.6) is 5.75 Å². The van der Waals surface area contributed by atoms with Crippen LogP contribution in [0.25, 0.3) is 0 Å². The summed E-state index contributed by atoms with van der Waals surface area (Å²) in [6.07, 6.45) is 0. The summed E-state index contributed by atoms with van der Waals surface area (Å²) in [6.45, 7) is 4.00. The van der Waals surface area contributed by atoms with Crippen LogP contribution >= 0.6 is 0 Å². The molecule has 0 aliphatic heterocycles. The number of benzene rings is 1. The van der Waals surface area contributed by atoms with Gasteiger partial charge >= 0.3 is 0 Å². The van der Waals surface area contributed by atoms with Gasteiger partial charge in [0.05, 0.1) is 24.2 Å². The van der Waals surface area contributed by atoms with Crippen LogP contribution in [0.4, 0.5) is 0 Å². The van der Waals surface area contributed by atoms with E-state index >= 15 is 0 Å². The number of sulfonamides is 1. The van der Waals surface area contributed by atoms with Gasteiger partial charge in [0.1, 0.15) is 5.75 Å². The second kappa shape index (κ2) is 6.69. The van der Waals surface area contributed by atoms with Crippen molar-refractivity contribution in [3.05, 3.63) is 23.8 Å². The maximum Gasteiger partial charge on any atom is 0.262 e. The minimum atomic E-state index is -3.87. The molecule has 7 nitrogen and oxygen atoms in total. The molecule has 3 N–H and O–H groups in total. The van der Waals surface area contributed by atoms with E-state index < -0.39 is 15.9 Å². The van der Waals surface area contributed by atoms with E-state index in [4.69, 9.17) is 15.3 Å². The van der Waals surface area contributed by atoms with E-state index in [1.54, 1.807) is 0 Å². The maximum atomic E-state index is 12.0. The van der Waals surface area contributed by atoms with Gasteiger partial charge in [0.2, 0.25) is 0 Å². The van der Waals surface area contributed by atoms with Crippen LogP contribution in [-0.2, 0) is 14.9 Å². The van der Waals surface area contributed by atoms with Gasteiger partial charge in [0.25, 0.3) is 15.9 Å². The lowest BCUT2D eigenvalue weighted by Gasteiger charge is -2.11. The molecule has 0 saturated heterocycles. The van der Waals surface area contributed by atoms with E-state index in [0.29, 0.717) is 0 Å². The molecule has 0 spiro atoms. The summed E-state index contributed by atoms with van der Waals surface area (Å²) >= 11 is 0. The number of carbonyl (C=O) groups excluding carboxylic acids is 1. The zero-order valence-electron chi connectivity index (χ0n) is 11.5. The van der Waals surface area contributed by atoms with Crippen LogP contribution in [0, 0.1) is 5.92 Å². The molecule has 1 aromatic carbocycles. The molecular formula is C12H18N2O5S. The number of nitrogens with two attached hydrogens (primary N) is 1. The molecular weight excluding hydrogens is 284 g/mol. The van der Waals surface area contributed by atoms with E-state index in [2.05, 4.69) is 0 Å². The molecule has 0 aliphatic rings. The first-order valence-corrected chi connectivity index (χ1v) is 7.37. The lowest BCUT2D eigenvalue weighted by atomic mass is 10.2. The Morgan fingerprint density at radius 1 is 1.40 bits per heavy atom. The molecule has 0 bridgehead atoms. The van der Waals surface area contributed by atoms with Crippen molar-refractivity contribution in [1.29, 1.82) is 0 Å². The Hall–Kier alpha value is -1.64. The standard InChI is InChI=1S/C12H18N2O5S/c1-8(2)7-19-14-20(16,17)9-4-5-11(18-3)10(6-9)12(13)15/h4-6,8,14H,7H2,1-3H3,(H2,13,15). The van der Waals surface area contributed by atoms with Crippen LogP contribution in [0.2, 0.25) is 0 Å². The molecule has 0 saturated carbocycles. The molecule has 112 valence electrons. The Bertz CT molecular complexity index is 584. The Morgan fingerprint density at radius 3 is 2.55 bits per heavy atom. The topological polar surface area (TPSA) is 108 Å². The quantitative estimate of drug-likeness (QED) is 0.719. The van der Waals surface area contributed by atoms with Crippen molar-refractivity contribution < 1.29 is 22.8 Å². The van der Waals surface area contributed by atoms with Crippen LogP contribution < -0.4 is 15.4 Å². The molecule has 0 fully saturated rings. The van der Waals surface area contributed by atoms with Crippen molar-refractivity contribution in [2.75, 3.05) is 13.7 Å². The number of hydrogen-bond acceptors (Lipinski definition) is 5. The van der Waals surface area contributed by atoms with Crippen molar-refractivity contribution in [2.24, 2.45) is 11.7 Å². The Morgan fingerprint density at radius 2 is 2.05 bits per heavy atom. The number of methoxy groups -OCH3 is 1. The summed E-state index contributed by atoms with van der Waals surface area (Å²) in [5, 5.41) is 0. The Kier molecular flexibility index (Phi) is 5.49. The van der Waals surface area contributed by atoms with Gasteiger partial charge in [0, 0.05) is 0 Å². The lowest BCUT2D eigenvalue weighted by molar-refractivity contribution is 0.0718. The zero-order valence-corrected chi connectivity index (χ0v) is 12.4. The minimum Gasteiger partial charge on any atom is -0.496 e. The van der Waals surface area contributed by atoms with Gasteiger partial charge in [-0.2, -0.15) is 0 Å². The van der Waals surface area contributed by atoms with Crippen molar-refractivity contribution >= 4 is 15.9 Å². The molecule has 1 aromatic rings. The molecule has 0 unspecified atom stereocenters.